The van der Waals surface area contributed by atoms with E-state index in [-0.39, 0.29) is 0 Å². The molecule has 0 saturated carbocycles. The maximum Gasteiger partial charge on any atom is 0.0618 e. The summed E-state index contributed by atoms with van der Waals surface area (Å²) in [6.45, 7) is 1.62. The molecule has 3 nitrogen and oxygen atoms in total. The third-order valence-electron chi connectivity index (χ3n) is 3.16. The topological polar surface area (TPSA) is 38.5 Å². The molecule has 0 aliphatic carbocycles. The first-order chi connectivity index (χ1) is 7.29. The summed E-state index contributed by atoms with van der Waals surface area (Å²) in [7, 11) is 4.02. The molecule has 1 aliphatic heterocycles. The van der Waals surface area contributed by atoms with Gasteiger partial charge in [-0.2, -0.15) is 11.8 Å². The lowest BCUT2D eigenvalue weighted by molar-refractivity contribution is 0.0804. The number of rotatable bonds is 7. The molecule has 1 aliphatic rings. The van der Waals surface area contributed by atoms with Crippen LogP contribution in [0.1, 0.15) is 19.3 Å². The van der Waals surface area contributed by atoms with E-state index in [9.17, 15) is 0 Å². The normalized spacial score (nSPS) is 23.6. The number of likely N-dealkylation sites (N-methyl/N-ethyl adjacent to an activating group) is 1. The van der Waals surface area contributed by atoms with Crippen molar-refractivity contribution in [3.63, 3.8) is 0 Å². The third kappa shape index (κ3) is 4.31. The third-order valence-corrected chi connectivity index (χ3v) is 4.30. The molecular formula is C11H24N2OS. The van der Waals surface area contributed by atoms with Gasteiger partial charge in [0.15, 0.2) is 0 Å². The number of methoxy groups -OCH3 is 1. The highest BCUT2D eigenvalue weighted by Crippen LogP contribution is 2.23. The Kier molecular flexibility index (Phi) is 6.64. The average molecular weight is 232 g/mol. The second kappa shape index (κ2) is 7.49. The summed E-state index contributed by atoms with van der Waals surface area (Å²) in [6.07, 6.45) is 3.57. The molecule has 1 saturated heterocycles. The molecule has 0 aromatic rings. The van der Waals surface area contributed by atoms with Gasteiger partial charge in [-0.1, -0.05) is 0 Å². The first-order valence-electron chi connectivity index (χ1n) is 5.78. The Morgan fingerprint density at radius 2 is 2.40 bits per heavy atom. The number of nitrogens with zero attached hydrogens (tertiary/aromatic N) is 1. The molecule has 0 bridgehead atoms. The molecule has 1 rings (SSSR count). The highest BCUT2D eigenvalue weighted by atomic mass is 32.2. The van der Waals surface area contributed by atoms with Crippen molar-refractivity contribution in [1.82, 2.24) is 4.90 Å². The van der Waals surface area contributed by atoms with Crippen LogP contribution in [0.3, 0.4) is 0 Å². The first-order valence-corrected chi connectivity index (χ1v) is 6.93. The molecule has 0 aromatic heterocycles. The van der Waals surface area contributed by atoms with E-state index in [1.54, 1.807) is 7.11 Å². The van der Waals surface area contributed by atoms with Crippen molar-refractivity contribution in [2.75, 3.05) is 38.8 Å². The van der Waals surface area contributed by atoms with Crippen LogP contribution < -0.4 is 5.73 Å². The van der Waals surface area contributed by atoms with Crippen LogP contribution in [0.4, 0.5) is 0 Å². The summed E-state index contributed by atoms with van der Waals surface area (Å²) >= 11 is 2.06. The maximum absolute atomic E-state index is 5.56. The van der Waals surface area contributed by atoms with E-state index < -0.39 is 0 Å². The smallest absolute Gasteiger partial charge is 0.0618 e. The van der Waals surface area contributed by atoms with E-state index >= 15 is 0 Å². The molecular weight excluding hydrogens is 208 g/mol. The Labute approximate surface area is 97.7 Å². The largest absolute Gasteiger partial charge is 0.383 e. The minimum Gasteiger partial charge on any atom is -0.383 e. The van der Waals surface area contributed by atoms with Gasteiger partial charge < -0.3 is 10.5 Å². The number of nitrogens with two attached hydrogens (primary N) is 1. The molecule has 2 N–H and O–H groups in total. The summed E-state index contributed by atoms with van der Waals surface area (Å²) in [5.74, 6) is 2.59. The SMILES string of the molecule is COCC(CCCN)N(C)C1CCSC1. The van der Waals surface area contributed by atoms with Crippen LogP contribution in [0.15, 0.2) is 0 Å². The highest BCUT2D eigenvalue weighted by molar-refractivity contribution is 7.99. The Morgan fingerprint density at radius 1 is 1.60 bits per heavy atom. The zero-order valence-electron chi connectivity index (χ0n) is 9.95. The van der Waals surface area contributed by atoms with Gasteiger partial charge in [0.05, 0.1) is 6.61 Å². The Morgan fingerprint density at radius 3 is 2.93 bits per heavy atom. The predicted octanol–water partition coefficient (Wildman–Crippen LogP) is 1.18. The monoisotopic (exact) mass is 232 g/mol. The standard InChI is InChI=1S/C11H24N2OS/c1-13(11-5-7-15-9-11)10(8-14-2)4-3-6-12/h10-11H,3-9,12H2,1-2H3. The van der Waals surface area contributed by atoms with Crippen molar-refractivity contribution in [1.29, 1.82) is 0 Å². The predicted molar refractivity (Wildman–Crippen MR) is 67.4 cm³/mol. The minimum atomic E-state index is 0.544. The molecule has 4 heteroatoms. The molecule has 1 heterocycles. The second-order valence-corrected chi connectivity index (χ2v) is 5.37. The van der Waals surface area contributed by atoms with E-state index in [1.807, 2.05) is 0 Å². The van der Waals surface area contributed by atoms with Crippen LogP contribution in [-0.2, 0) is 4.74 Å². The van der Waals surface area contributed by atoms with Crippen LogP contribution in [0.5, 0.6) is 0 Å². The highest BCUT2D eigenvalue weighted by Gasteiger charge is 2.25. The van der Waals surface area contributed by atoms with Crippen molar-refractivity contribution in [2.45, 2.75) is 31.3 Å². The fraction of sp³-hybridized carbons (Fsp3) is 1.00. The maximum atomic E-state index is 5.56. The molecule has 0 aromatic carbocycles. The molecule has 0 spiro atoms. The molecule has 0 amide bonds. The van der Waals surface area contributed by atoms with Gasteiger partial charge in [-0.05, 0) is 38.6 Å². The number of hydrogen-bond donors (Lipinski definition) is 1. The lowest BCUT2D eigenvalue weighted by Gasteiger charge is -2.32. The van der Waals surface area contributed by atoms with E-state index in [1.165, 1.54) is 17.9 Å². The fourth-order valence-corrected chi connectivity index (χ4v) is 3.37. The Balaban J connectivity index is 2.37. The van der Waals surface area contributed by atoms with Crippen LogP contribution in [0.25, 0.3) is 0 Å². The van der Waals surface area contributed by atoms with Crippen LogP contribution >= 0.6 is 11.8 Å². The fourth-order valence-electron chi connectivity index (χ4n) is 2.09. The zero-order chi connectivity index (χ0) is 11.1. The first kappa shape index (κ1) is 13.3. The Hall–Kier alpha value is 0.230. The van der Waals surface area contributed by atoms with Gasteiger partial charge in [0.25, 0.3) is 0 Å². The van der Waals surface area contributed by atoms with Gasteiger partial charge in [0.1, 0.15) is 0 Å². The lowest BCUT2D eigenvalue weighted by Crippen LogP contribution is -2.43. The quantitative estimate of drug-likeness (QED) is 0.715. The zero-order valence-corrected chi connectivity index (χ0v) is 10.8. The van der Waals surface area contributed by atoms with Gasteiger partial charge in [0, 0.05) is 24.9 Å². The average Bonchev–Trinajstić information content (AvgIpc) is 2.76. The molecule has 1 fully saturated rings. The summed E-state index contributed by atoms with van der Waals surface area (Å²) in [6, 6.07) is 1.29. The summed E-state index contributed by atoms with van der Waals surface area (Å²) in [4.78, 5) is 2.50. The van der Waals surface area contributed by atoms with Crippen molar-refractivity contribution in [2.24, 2.45) is 5.73 Å². The van der Waals surface area contributed by atoms with E-state index in [0.717, 1.165) is 32.0 Å². The van der Waals surface area contributed by atoms with Gasteiger partial charge in [-0.15, -0.1) is 0 Å². The van der Waals surface area contributed by atoms with Gasteiger partial charge in [-0.3, -0.25) is 4.90 Å². The number of ether oxygens (including phenoxy) is 1. The molecule has 2 atom stereocenters. The molecule has 2 unspecified atom stereocenters. The van der Waals surface area contributed by atoms with Crippen molar-refractivity contribution in [3.05, 3.63) is 0 Å². The van der Waals surface area contributed by atoms with Crippen molar-refractivity contribution >= 4 is 11.8 Å². The summed E-state index contributed by atoms with van der Waals surface area (Å²) in [5, 5.41) is 0. The van der Waals surface area contributed by atoms with Crippen molar-refractivity contribution < 1.29 is 4.74 Å². The number of hydrogen-bond acceptors (Lipinski definition) is 4. The molecule has 0 radical (unpaired) electrons. The van der Waals surface area contributed by atoms with Crippen LogP contribution in [0, 0.1) is 0 Å². The number of thioether (sulfide) groups is 1. The summed E-state index contributed by atoms with van der Waals surface area (Å²) in [5.41, 5.74) is 5.56. The Bertz CT molecular complexity index is 163. The van der Waals surface area contributed by atoms with E-state index in [4.69, 9.17) is 10.5 Å². The second-order valence-electron chi connectivity index (χ2n) is 4.22. The van der Waals surface area contributed by atoms with Gasteiger partial charge >= 0.3 is 0 Å². The lowest BCUT2D eigenvalue weighted by atomic mass is 10.1. The van der Waals surface area contributed by atoms with Crippen molar-refractivity contribution in [3.8, 4) is 0 Å². The summed E-state index contributed by atoms with van der Waals surface area (Å²) < 4.78 is 5.29. The van der Waals surface area contributed by atoms with E-state index in [2.05, 4.69) is 23.7 Å². The van der Waals surface area contributed by atoms with Crippen LogP contribution in [-0.4, -0.2) is 55.8 Å². The van der Waals surface area contributed by atoms with Crippen LogP contribution in [0.2, 0.25) is 0 Å². The van der Waals surface area contributed by atoms with E-state index in [0.29, 0.717) is 6.04 Å². The van der Waals surface area contributed by atoms with Gasteiger partial charge in [-0.25, -0.2) is 0 Å². The van der Waals surface area contributed by atoms with Gasteiger partial charge in [0.2, 0.25) is 0 Å². The molecule has 90 valence electrons. The molecule has 15 heavy (non-hydrogen) atoms. The minimum absolute atomic E-state index is 0.544.